The van der Waals surface area contributed by atoms with E-state index in [4.69, 9.17) is 4.74 Å². The van der Waals surface area contributed by atoms with E-state index >= 15 is 0 Å². The predicted octanol–water partition coefficient (Wildman–Crippen LogP) is 0.524. The second-order valence-corrected chi connectivity index (χ2v) is 4.83. The first-order valence-corrected chi connectivity index (χ1v) is 6.19. The third-order valence-corrected chi connectivity index (χ3v) is 3.45. The fourth-order valence-electron chi connectivity index (χ4n) is 2.31. The summed E-state index contributed by atoms with van der Waals surface area (Å²) < 4.78 is 8.52. The van der Waals surface area contributed by atoms with E-state index < -0.39 is 11.1 Å². The molecule has 2 aliphatic rings. The van der Waals surface area contributed by atoms with Crippen molar-refractivity contribution in [1.29, 1.82) is 0 Å². The van der Waals surface area contributed by atoms with Crippen molar-refractivity contribution in [3.63, 3.8) is 0 Å². The molecule has 17 heavy (non-hydrogen) atoms. The maximum atomic E-state index is 11.9. The molecule has 0 spiro atoms. The van der Waals surface area contributed by atoms with E-state index in [-0.39, 0.29) is 12.1 Å². The lowest BCUT2D eigenvalue weighted by Crippen LogP contribution is -2.41. The van der Waals surface area contributed by atoms with Crippen molar-refractivity contribution in [1.82, 2.24) is 9.13 Å². The molecule has 1 atom stereocenters. The Labute approximate surface area is 98.6 Å². The predicted molar refractivity (Wildman–Crippen MR) is 62.2 cm³/mol. The molecule has 5 heteroatoms. The van der Waals surface area contributed by atoms with Gasteiger partial charge in [0.2, 0.25) is 0 Å². The molecule has 1 aromatic rings. The Kier molecular flexibility index (Phi) is 2.63. The van der Waals surface area contributed by atoms with Crippen LogP contribution >= 0.6 is 0 Å². The third kappa shape index (κ3) is 2.07. The fraction of sp³-hybridized carbons (Fsp3) is 0.667. The van der Waals surface area contributed by atoms with Gasteiger partial charge in [-0.05, 0) is 25.7 Å². The van der Waals surface area contributed by atoms with Crippen LogP contribution in [0.4, 0.5) is 0 Å². The van der Waals surface area contributed by atoms with Crippen LogP contribution in [0.25, 0.3) is 0 Å². The Balaban J connectivity index is 1.87. The Morgan fingerprint density at radius 1 is 1.18 bits per heavy atom. The van der Waals surface area contributed by atoms with Gasteiger partial charge in [0.05, 0.1) is 12.6 Å². The molecule has 2 fully saturated rings. The Morgan fingerprint density at radius 3 is 2.65 bits per heavy atom. The van der Waals surface area contributed by atoms with E-state index in [1.165, 1.54) is 4.57 Å². The molecule has 1 unspecified atom stereocenters. The first-order chi connectivity index (χ1) is 8.25. The van der Waals surface area contributed by atoms with Crippen LogP contribution in [0.1, 0.15) is 31.7 Å². The molecule has 1 saturated heterocycles. The summed E-state index contributed by atoms with van der Waals surface area (Å²) in [6, 6.07) is 0.257. The highest BCUT2D eigenvalue weighted by molar-refractivity contribution is 4.93. The second-order valence-electron chi connectivity index (χ2n) is 4.83. The SMILES string of the molecule is O=c1c(=O)n(C2CC2)ccn1CC1CCCO1. The highest BCUT2D eigenvalue weighted by Crippen LogP contribution is 2.32. The zero-order valence-electron chi connectivity index (χ0n) is 9.67. The second kappa shape index (κ2) is 4.14. The molecule has 2 heterocycles. The Morgan fingerprint density at radius 2 is 2.00 bits per heavy atom. The quantitative estimate of drug-likeness (QED) is 0.719. The molecular weight excluding hydrogens is 220 g/mol. The standard InChI is InChI=1S/C12H16N2O3/c15-11-12(16)14(9-3-4-9)6-5-13(11)8-10-2-1-7-17-10/h5-6,9-10H,1-4,7-8H2. The molecule has 0 bridgehead atoms. The minimum atomic E-state index is -0.421. The number of hydrogen-bond donors (Lipinski definition) is 0. The summed E-state index contributed by atoms with van der Waals surface area (Å²) >= 11 is 0. The molecule has 1 aliphatic carbocycles. The highest BCUT2D eigenvalue weighted by atomic mass is 16.5. The summed E-state index contributed by atoms with van der Waals surface area (Å²) in [5.41, 5.74) is -0.817. The maximum absolute atomic E-state index is 11.9. The highest BCUT2D eigenvalue weighted by Gasteiger charge is 2.25. The van der Waals surface area contributed by atoms with E-state index in [1.54, 1.807) is 17.0 Å². The van der Waals surface area contributed by atoms with Crippen LogP contribution in [0.3, 0.4) is 0 Å². The molecular formula is C12H16N2O3. The van der Waals surface area contributed by atoms with Gasteiger partial charge < -0.3 is 13.9 Å². The Bertz CT molecular complexity index is 521. The van der Waals surface area contributed by atoms with E-state index in [2.05, 4.69) is 0 Å². The van der Waals surface area contributed by atoms with Gasteiger partial charge in [-0.25, -0.2) is 0 Å². The van der Waals surface area contributed by atoms with Crippen molar-refractivity contribution in [2.24, 2.45) is 0 Å². The van der Waals surface area contributed by atoms with Gasteiger partial charge in [0, 0.05) is 25.0 Å². The van der Waals surface area contributed by atoms with Crippen LogP contribution in [0.5, 0.6) is 0 Å². The zero-order valence-corrected chi connectivity index (χ0v) is 9.67. The summed E-state index contributed by atoms with van der Waals surface area (Å²) in [4.78, 5) is 23.7. The van der Waals surface area contributed by atoms with Crippen LogP contribution in [0, 0.1) is 0 Å². The lowest BCUT2D eigenvalue weighted by Gasteiger charge is -2.12. The van der Waals surface area contributed by atoms with Gasteiger partial charge in [0.25, 0.3) is 0 Å². The van der Waals surface area contributed by atoms with Crippen molar-refractivity contribution in [2.75, 3.05) is 6.61 Å². The summed E-state index contributed by atoms with van der Waals surface area (Å²) in [7, 11) is 0. The van der Waals surface area contributed by atoms with Crippen molar-refractivity contribution in [2.45, 2.75) is 44.4 Å². The van der Waals surface area contributed by atoms with Gasteiger partial charge in [0.1, 0.15) is 0 Å². The molecule has 0 radical (unpaired) electrons. The largest absolute Gasteiger partial charge is 0.376 e. The van der Waals surface area contributed by atoms with E-state index in [0.29, 0.717) is 6.54 Å². The maximum Gasteiger partial charge on any atom is 0.316 e. The van der Waals surface area contributed by atoms with Gasteiger partial charge in [-0.15, -0.1) is 0 Å². The van der Waals surface area contributed by atoms with Crippen molar-refractivity contribution in [3.05, 3.63) is 33.1 Å². The van der Waals surface area contributed by atoms with Crippen LogP contribution in [-0.4, -0.2) is 21.8 Å². The van der Waals surface area contributed by atoms with Crippen LogP contribution in [0.15, 0.2) is 22.0 Å². The Hall–Kier alpha value is -1.36. The number of aromatic nitrogens is 2. The number of nitrogens with zero attached hydrogens (tertiary/aromatic N) is 2. The number of rotatable bonds is 3. The molecule has 1 aromatic heterocycles. The lowest BCUT2D eigenvalue weighted by molar-refractivity contribution is 0.0959. The van der Waals surface area contributed by atoms with Gasteiger partial charge in [0.15, 0.2) is 0 Å². The molecule has 1 aliphatic heterocycles. The van der Waals surface area contributed by atoms with Crippen molar-refractivity contribution >= 4 is 0 Å². The average molecular weight is 236 g/mol. The van der Waals surface area contributed by atoms with Crippen molar-refractivity contribution < 1.29 is 4.74 Å². The topological polar surface area (TPSA) is 53.2 Å². The first-order valence-electron chi connectivity index (χ1n) is 6.19. The minimum absolute atomic E-state index is 0.0869. The van der Waals surface area contributed by atoms with Crippen LogP contribution in [-0.2, 0) is 11.3 Å². The van der Waals surface area contributed by atoms with Gasteiger partial charge in [-0.3, -0.25) is 9.59 Å². The monoisotopic (exact) mass is 236 g/mol. The van der Waals surface area contributed by atoms with E-state index in [1.807, 2.05) is 0 Å². The molecule has 0 N–H and O–H groups in total. The van der Waals surface area contributed by atoms with Crippen molar-refractivity contribution in [3.8, 4) is 0 Å². The summed E-state index contributed by atoms with van der Waals surface area (Å²) in [5.74, 6) is 0. The number of ether oxygens (including phenoxy) is 1. The van der Waals surface area contributed by atoms with Gasteiger partial charge >= 0.3 is 11.1 Å². The minimum Gasteiger partial charge on any atom is -0.376 e. The molecule has 3 rings (SSSR count). The average Bonchev–Trinajstić information content (AvgIpc) is 3.03. The first kappa shape index (κ1) is 10.8. The normalized spacial score (nSPS) is 24.1. The molecule has 1 saturated carbocycles. The fourth-order valence-corrected chi connectivity index (χ4v) is 2.31. The summed E-state index contributed by atoms with van der Waals surface area (Å²) in [5, 5.41) is 0. The zero-order chi connectivity index (χ0) is 11.8. The van der Waals surface area contributed by atoms with Gasteiger partial charge in [-0.2, -0.15) is 0 Å². The van der Waals surface area contributed by atoms with Crippen LogP contribution in [0.2, 0.25) is 0 Å². The third-order valence-electron chi connectivity index (χ3n) is 3.45. The summed E-state index contributed by atoms with van der Waals surface area (Å²) in [6.45, 7) is 1.26. The molecule has 0 amide bonds. The molecule has 92 valence electrons. The van der Waals surface area contributed by atoms with E-state index in [0.717, 1.165) is 32.3 Å². The van der Waals surface area contributed by atoms with Gasteiger partial charge in [-0.1, -0.05) is 0 Å². The lowest BCUT2D eigenvalue weighted by atomic mass is 10.2. The van der Waals surface area contributed by atoms with E-state index in [9.17, 15) is 9.59 Å². The number of hydrogen-bond acceptors (Lipinski definition) is 3. The molecule has 5 nitrogen and oxygen atoms in total. The molecule has 0 aromatic carbocycles. The van der Waals surface area contributed by atoms with Crippen LogP contribution < -0.4 is 11.1 Å². The summed E-state index contributed by atoms with van der Waals surface area (Å²) in [6.07, 6.45) is 7.56. The smallest absolute Gasteiger partial charge is 0.316 e.